The SMILES string of the molecule is CCOC(=O)C1CCN(c2ccc(NC(=O)C3CCCC3)cc2S(=O)(=O)NC2CCCc3ccccc32)CC1. The smallest absolute Gasteiger partial charge is 0.309 e. The molecule has 2 N–H and O–H groups in total. The number of anilines is 2. The molecule has 1 unspecified atom stereocenters. The Balaban J connectivity index is 1.42. The molecular weight excluding hydrogens is 514 g/mol. The Morgan fingerprint density at radius 3 is 2.44 bits per heavy atom. The minimum Gasteiger partial charge on any atom is -0.466 e. The van der Waals surface area contributed by atoms with E-state index in [0.717, 1.165) is 50.5 Å². The van der Waals surface area contributed by atoms with Crippen LogP contribution >= 0.6 is 0 Å². The van der Waals surface area contributed by atoms with Crippen LogP contribution in [0.2, 0.25) is 0 Å². The number of piperidine rings is 1. The molecule has 2 fully saturated rings. The maximum Gasteiger partial charge on any atom is 0.309 e. The van der Waals surface area contributed by atoms with E-state index in [4.69, 9.17) is 4.74 Å². The normalized spacial score (nSPS) is 20.4. The van der Waals surface area contributed by atoms with Crippen LogP contribution in [-0.4, -0.2) is 40.0 Å². The highest BCUT2D eigenvalue weighted by Crippen LogP contribution is 2.36. The van der Waals surface area contributed by atoms with Crippen molar-refractivity contribution in [1.29, 1.82) is 0 Å². The highest BCUT2D eigenvalue weighted by Gasteiger charge is 2.32. The van der Waals surface area contributed by atoms with Crippen molar-refractivity contribution < 1.29 is 22.7 Å². The summed E-state index contributed by atoms with van der Waals surface area (Å²) in [6.45, 7) is 3.25. The average molecular weight is 554 g/mol. The van der Waals surface area contributed by atoms with Gasteiger partial charge in [0.1, 0.15) is 4.90 Å². The number of sulfonamides is 1. The molecule has 1 aliphatic heterocycles. The monoisotopic (exact) mass is 553 g/mol. The summed E-state index contributed by atoms with van der Waals surface area (Å²) < 4.78 is 36.2. The number of hydrogen-bond donors (Lipinski definition) is 2. The van der Waals surface area contributed by atoms with Gasteiger partial charge in [-0.2, -0.15) is 0 Å². The summed E-state index contributed by atoms with van der Waals surface area (Å²) in [6.07, 6.45) is 7.61. The van der Waals surface area contributed by atoms with Gasteiger partial charge in [-0.25, -0.2) is 13.1 Å². The molecule has 8 nitrogen and oxygen atoms in total. The Kier molecular flexibility index (Phi) is 8.57. The predicted octanol–water partition coefficient (Wildman–Crippen LogP) is 4.95. The fourth-order valence-corrected chi connectivity index (χ4v) is 7.74. The molecule has 9 heteroatoms. The molecule has 0 aromatic heterocycles. The van der Waals surface area contributed by atoms with E-state index in [-0.39, 0.29) is 34.6 Å². The standard InChI is InChI=1S/C30H39N3O5S/c1-2-38-30(35)23-16-18-33(19-17-23)27-15-14-24(31-29(34)22-9-3-4-10-22)20-28(27)39(36,37)32-26-13-7-11-21-8-5-6-12-25(21)26/h5-6,8,12,14-15,20,22-23,26,32H,2-4,7,9-11,13,16-19H2,1H3,(H,31,34). The van der Waals surface area contributed by atoms with Crippen molar-refractivity contribution in [3.8, 4) is 0 Å². The lowest BCUT2D eigenvalue weighted by Gasteiger charge is -2.34. The van der Waals surface area contributed by atoms with E-state index in [9.17, 15) is 18.0 Å². The van der Waals surface area contributed by atoms with Crippen molar-refractivity contribution in [3.63, 3.8) is 0 Å². The van der Waals surface area contributed by atoms with E-state index >= 15 is 0 Å². The van der Waals surface area contributed by atoms with E-state index in [1.54, 1.807) is 25.1 Å². The van der Waals surface area contributed by atoms with Crippen LogP contribution in [0.1, 0.15) is 75.5 Å². The van der Waals surface area contributed by atoms with Gasteiger partial charge in [0, 0.05) is 30.7 Å². The van der Waals surface area contributed by atoms with Gasteiger partial charge in [0.05, 0.1) is 18.2 Å². The Labute approximate surface area is 231 Å². The van der Waals surface area contributed by atoms with Crippen molar-refractivity contribution in [2.24, 2.45) is 11.8 Å². The van der Waals surface area contributed by atoms with Crippen molar-refractivity contribution in [2.75, 3.05) is 29.9 Å². The molecule has 210 valence electrons. The van der Waals surface area contributed by atoms with Crippen LogP contribution < -0.4 is 14.9 Å². The van der Waals surface area contributed by atoms with E-state index in [2.05, 4.69) is 16.1 Å². The Morgan fingerprint density at radius 2 is 1.69 bits per heavy atom. The molecule has 0 spiro atoms. The number of carbonyl (C=O) groups is 2. The molecule has 0 bridgehead atoms. The number of esters is 1. The van der Waals surface area contributed by atoms with Crippen LogP contribution in [0.25, 0.3) is 0 Å². The Bertz CT molecular complexity index is 1300. The maximum absolute atomic E-state index is 14.0. The first-order valence-electron chi connectivity index (χ1n) is 14.3. The predicted molar refractivity (Wildman–Crippen MR) is 151 cm³/mol. The average Bonchev–Trinajstić information content (AvgIpc) is 3.49. The summed E-state index contributed by atoms with van der Waals surface area (Å²) in [7, 11) is -3.93. The zero-order valence-corrected chi connectivity index (χ0v) is 23.5. The molecule has 1 amide bonds. The lowest BCUT2D eigenvalue weighted by molar-refractivity contribution is -0.148. The third-order valence-corrected chi connectivity index (χ3v) is 9.87. The first kappa shape index (κ1) is 27.6. The van der Waals surface area contributed by atoms with E-state index < -0.39 is 10.0 Å². The number of nitrogens with one attached hydrogen (secondary N) is 2. The van der Waals surface area contributed by atoms with Gasteiger partial charge in [0.15, 0.2) is 0 Å². The summed E-state index contributed by atoms with van der Waals surface area (Å²) in [5.74, 6) is -0.438. The van der Waals surface area contributed by atoms with E-state index in [0.29, 0.717) is 43.9 Å². The van der Waals surface area contributed by atoms with Crippen LogP contribution in [-0.2, 0) is 30.8 Å². The summed E-state index contributed by atoms with van der Waals surface area (Å²) in [5, 5.41) is 2.97. The number of aryl methyl sites for hydroxylation is 1. The highest BCUT2D eigenvalue weighted by atomic mass is 32.2. The van der Waals surface area contributed by atoms with Gasteiger partial charge < -0.3 is 15.0 Å². The van der Waals surface area contributed by atoms with Crippen molar-refractivity contribution in [2.45, 2.75) is 75.6 Å². The van der Waals surface area contributed by atoms with Crippen LogP contribution in [0.4, 0.5) is 11.4 Å². The summed E-state index contributed by atoms with van der Waals surface area (Å²) >= 11 is 0. The fraction of sp³-hybridized carbons (Fsp3) is 0.533. The Hall–Kier alpha value is -2.91. The molecular formula is C30H39N3O5S. The molecule has 0 radical (unpaired) electrons. The van der Waals surface area contributed by atoms with Crippen LogP contribution in [0.5, 0.6) is 0 Å². The number of carbonyl (C=O) groups excluding carboxylic acids is 2. The second kappa shape index (κ2) is 12.1. The second-order valence-electron chi connectivity index (χ2n) is 10.9. The van der Waals surface area contributed by atoms with Crippen LogP contribution in [0, 0.1) is 11.8 Å². The molecule has 3 aliphatic rings. The van der Waals surface area contributed by atoms with Gasteiger partial charge in [0.2, 0.25) is 15.9 Å². The fourth-order valence-electron chi connectivity index (χ4n) is 6.24. The van der Waals surface area contributed by atoms with Crippen LogP contribution in [0.3, 0.4) is 0 Å². The molecule has 1 heterocycles. The molecule has 39 heavy (non-hydrogen) atoms. The van der Waals surface area contributed by atoms with Gasteiger partial charge in [-0.1, -0.05) is 37.1 Å². The lowest BCUT2D eigenvalue weighted by Crippen LogP contribution is -2.38. The first-order chi connectivity index (χ1) is 18.9. The number of ether oxygens (including phenoxy) is 1. The molecule has 1 atom stereocenters. The zero-order valence-electron chi connectivity index (χ0n) is 22.7. The number of hydrogen-bond acceptors (Lipinski definition) is 6. The number of nitrogens with zero attached hydrogens (tertiary/aromatic N) is 1. The molecule has 1 saturated heterocycles. The zero-order chi connectivity index (χ0) is 27.4. The second-order valence-corrected chi connectivity index (χ2v) is 12.6. The number of benzene rings is 2. The van der Waals surface area contributed by atoms with Crippen molar-refractivity contribution in [3.05, 3.63) is 53.6 Å². The van der Waals surface area contributed by atoms with Crippen molar-refractivity contribution >= 4 is 33.3 Å². The van der Waals surface area contributed by atoms with Gasteiger partial charge in [-0.05, 0) is 81.2 Å². The van der Waals surface area contributed by atoms with Gasteiger partial charge in [0.25, 0.3) is 0 Å². The minimum absolute atomic E-state index is 0.0245. The Morgan fingerprint density at radius 1 is 0.949 bits per heavy atom. The van der Waals surface area contributed by atoms with E-state index in [1.807, 2.05) is 23.1 Å². The topological polar surface area (TPSA) is 105 Å². The highest BCUT2D eigenvalue weighted by molar-refractivity contribution is 7.89. The van der Waals surface area contributed by atoms with Gasteiger partial charge in [-0.15, -0.1) is 0 Å². The molecule has 1 saturated carbocycles. The third-order valence-electron chi connectivity index (χ3n) is 8.37. The maximum atomic E-state index is 14.0. The number of fused-ring (bicyclic) bond motifs is 1. The first-order valence-corrected chi connectivity index (χ1v) is 15.8. The molecule has 5 rings (SSSR count). The van der Waals surface area contributed by atoms with Crippen molar-refractivity contribution in [1.82, 2.24) is 4.72 Å². The third kappa shape index (κ3) is 6.30. The molecule has 2 aromatic carbocycles. The van der Waals surface area contributed by atoms with Gasteiger partial charge >= 0.3 is 5.97 Å². The van der Waals surface area contributed by atoms with Crippen LogP contribution in [0.15, 0.2) is 47.4 Å². The number of amides is 1. The lowest BCUT2D eigenvalue weighted by atomic mass is 9.88. The number of rotatable bonds is 8. The van der Waals surface area contributed by atoms with E-state index in [1.165, 1.54) is 5.56 Å². The quantitative estimate of drug-likeness (QED) is 0.448. The molecule has 2 aliphatic carbocycles. The van der Waals surface area contributed by atoms with Gasteiger partial charge in [-0.3, -0.25) is 9.59 Å². The largest absolute Gasteiger partial charge is 0.466 e. The summed E-state index contributed by atoms with van der Waals surface area (Å²) in [5.41, 5.74) is 3.28. The summed E-state index contributed by atoms with van der Waals surface area (Å²) in [6, 6.07) is 12.9. The molecule has 2 aromatic rings. The summed E-state index contributed by atoms with van der Waals surface area (Å²) in [4.78, 5) is 27.3. The minimum atomic E-state index is -3.93.